The number of guanidine groups is 1. The van der Waals surface area contributed by atoms with Crippen LogP contribution in [0.15, 0.2) is 59.6 Å². The molecule has 3 rings (SSSR count). The number of aromatic nitrogens is 1. The number of nitrogens with one attached hydrogen (secondary N) is 1. The lowest BCUT2D eigenvalue weighted by molar-refractivity contribution is -0.108. The number of aliphatic imine (C=N–C) groups is 1. The lowest BCUT2D eigenvalue weighted by atomic mass is 9.88. The van der Waals surface area contributed by atoms with Crippen LogP contribution in [0.25, 0.3) is 22.2 Å². The fraction of sp³-hybridized carbons (Fsp3) is 0.261. The number of rotatable bonds is 6. The molecule has 0 radical (unpaired) electrons. The highest BCUT2D eigenvalue weighted by atomic mass is 16.1. The van der Waals surface area contributed by atoms with E-state index in [1.807, 2.05) is 36.4 Å². The Morgan fingerprint density at radius 2 is 1.86 bits per heavy atom. The van der Waals surface area contributed by atoms with Gasteiger partial charge in [-0.1, -0.05) is 63.2 Å². The van der Waals surface area contributed by atoms with Gasteiger partial charge in [-0.3, -0.25) is 10.1 Å². The Labute approximate surface area is 165 Å². The van der Waals surface area contributed by atoms with Crippen LogP contribution in [0.4, 0.5) is 5.69 Å². The zero-order valence-corrected chi connectivity index (χ0v) is 16.5. The topological polar surface area (TPSA) is 80.4 Å². The number of hydrogen-bond acceptors (Lipinski definition) is 3. The van der Waals surface area contributed by atoms with Gasteiger partial charge >= 0.3 is 0 Å². The number of fused-ring (bicyclic) bond motifs is 1. The van der Waals surface area contributed by atoms with Crippen molar-refractivity contribution in [2.75, 3.05) is 0 Å². The summed E-state index contributed by atoms with van der Waals surface area (Å²) in [7, 11) is 0. The summed E-state index contributed by atoms with van der Waals surface area (Å²) >= 11 is 0. The molecule has 1 amide bonds. The van der Waals surface area contributed by atoms with E-state index in [4.69, 9.17) is 10.7 Å². The molecule has 0 aliphatic carbocycles. The summed E-state index contributed by atoms with van der Waals surface area (Å²) in [5.41, 5.74) is 10.6. The second-order valence-electron chi connectivity index (χ2n) is 7.42. The average molecular weight is 374 g/mol. The second-order valence-corrected chi connectivity index (χ2v) is 7.42. The SMILES string of the molecule is CC(C)CC(C)c1ccccc1-c1cc(N=C(N)NC=O)c2ccccc2n1. The summed E-state index contributed by atoms with van der Waals surface area (Å²) in [4.78, 5) is 20.0. The zero-order chi connectivity index (χ0) is 20.1. The van der Waals surface area contributed by atoms with E-state index in [0.717, 1.165) is 28.6 Å². The van der Waals surface area contributed by atoms with E-state index in [9.17, 15) is 4.79 Å². The van der Waals surface area contributed by atoms with E-state index in [1.54, 1.807) is 0 Å². The first-order chi connectivity index (χ1) is 13.5. The Hall–Kier alpha value is -3.21. The number of amides is 1. The van der Waals surface area contributed by atoms with Crippen LogP contribution >= 0.6 is 0 Å². The molecule has 5 heteroatoms. The number of hydrogen-bond donors (Lipinski definition) is 2. The van der Waals surface area contributed by atoms with Crippen molar-refractivity contribution in [1.29, 1.82) is 0 Å². The number of nitrogens with zero attached hydrogens (tertiary/aromatic N) is 2. The Morgan fingerprint density at radius 3 is 2.61 bits per heavy atom. The Morgan fingerprint density at radius 1 is 1.14 bits per heavy atom. The highest BCUT2D eigenvalue weighted by Crippen LogP contribution is 2.35. The molecule has 5 nitrogen and oxygen atoms in total. The molecule has 1 heterocycles. The molecule has 0 bridgehead atoms. The normalized spacial score (nSPS) is 12.9. The van der Waals surface area contributed by atoms with Crippen LogP contribution in [0.2, 0.25) is 0 Å². The van der Waals surface area contributed by atoms with Gasteiger partial charge in [-0.2, -0.15) is 0 Å². The molecule has 2 aromatic carbocycles. The maximum absolute atomic E-state index is 10.7. The molecule has 0 aliphatic heterocycles. The minimum atomic E-state index is 0.0544. The third kappa shape index (κ3) is 4.36. The quantitative estimate of drug-likeness (QED) is 0.371. The first kappa shape index (κ1) is 19.5. The maximum atomic E-state index is 10.7. The first-order valence-electron chi connectivity index (χ1n) is 9.53. The van der Waals surface area contributed by atoms with Crippen molar-refractivity contribution < 1.29 is 4.79 Å². The average Bonchev–Trinajstić information content (AvgIpc) is 2.67. The van der Waals surface area contributed by atoms with Gasteiger partial charge in [0.1, 0.15) is 0 Å². The fourth-order valence-electron chi connectivity index (χ4n) is 3.60. The van der Waals surface area contributed by atoms with Gasteiger partial charge in [0, 0.05) is 10.9 Å². The number of para-hydroxylation sites is 1. The predicted molar refractivity (Wildman–Crippen MR) is 116 cm³/mol. The van der Waals surface area contributed by atoms with Crippen molar-refractivity contribution in [2.45, 2.75) is 33.1 Å². The van der Waals surface area contributed by atoms with Gasteiger partial charge in [0.2, 0.25) is 6.41 Å². The van der Waals surface area contributed by atoms with Gasteiger partial charge in [0.05, 0.1) is 16.9 Å². The van der Waals surface area contributed by atoms with Gasteiger partial charge in [0.25, 0.3) is 0 Å². The summed E-state index contributed by atoms with van der Waals surface area (Å²) in [6, 6.07) is 18.1. The van der Waals surface area contributed by atoms with Crippen molar-refractivity contribution in [2.24, 2.45) is 16.6 Å². The van der Waals surface area contributed by atoms with Gasteiger partial charge < -0.3 is 5.73 Å². The minimum Gasteiger partial charge on any atom is -0.369 e. The molecule has 0 fully saturated rings. The lowest BCUT2D eigenvalue weighted by Crippen LogP contribution is -2.29. The number of carbonyl (C=O) groups excluding carboxylic acids is 1. The van der Waals surface area contributed by atoms with Gasteiger partial charge in [-0.05, 0) is 36.0 Å². The van der Waals surface area contributed by atoms with E-state index in [2.05, 4.69) is 49.3 Å². The summed E-state index contributed by atoms with van der Waals surface area (Å²) in [5, 5.41) is 3.28. The number of pyridine rings is 1. The third-order valence-electron chi connectivity index (χ3n) is 4.73. The van der Waals surface area contributed by atoms with Crippen LogP contribution in [0.3, 0.4) is 0 Å². The van der Waals surface area contributed by atoms with E-state index < -0.39 is 0 Å². The molecule has 1 unspecified atom stereocenters. The van der Waals surface area contributed by atoms with Crippen LogP contribution in [0.1, 0.15) is 38.7 Å². The van der Waals surface area contributed by atoms with Crippen LogP contribution in [-0.4, -0.2) is 17.4 Å². The molecule has 1 aromatic heterocycles. The molecular weight excluding hydrogens is 348 g/mol. The summed E-state index contributed by atoms with van der Waals surface area (Å²) in [6.07, 6.45) is 1.62. The number of carbonyl (C=O) groups is 1. The van der Waals surface area contributed by atoms with Crippen molar-refractivity contribution in [1.82, 2.24) is 10.3 Å². The molecule has 0 aliphatic rings. The Balaban J connectivity index is 2.17. The molecule has 3 aromatic rings. The van der Waals surface area contributed by atoms with Crippen LogP contribution in [0.5, 0.6) is 0 Å². The minimum absolute atomic E-state index is 0.0544. The van der Waals surface area contributed by atoms with Gasteiger partial charge in [-0.15, -0.1) is 0 Å². The second kappa shape index (κ2) is 8.65. The van der Waals surface area contributed by atoms with Crippen LogP contribution in [0, 0.1) is 5.92 Å². The van der Waals surface area contributed by atoms with Crippen molar-refractivity contribution >= 4 is 29.0 Å². The highest BCUT2D eigenvalue weighted by Gasteiger charge is 2.15. The highest BCUT2D eigenvalue weighted by molar-refractivity contribution is 5.97. The van der Waals surface area contributed by atoms with E-state index in [1.165, 1.54) is 5.56 Å². The number of benzene rings is 2. The first-order valence-corrected chi connectivity index (χ1v) is 9.53. The van der Waals surface area contributed by atoms with E-state index in [-0.39, 0.29) is 5.96 Å². The Kier molecular flexibility index (Phi) is 6.04. The van der Waals surface area contributed by atoms with Crippen LogP contribution < -0.4 is 11.1 Å². The van der Waals surface area contributed by atoms with E-state index >= 15 is 0 Å². The molecule has 144 valence electrons. The summed E-state index contributed by atoms with van der Waals surface area (Å²) in [6.45, 7) is 6.73. The largest absolute Gasteiger partial charge is 0.369 e. The molecule has 0 saturated carbocycles. The van der Waals surface area contributed by atoms with E-state index in [0.29, 0.717) is 23.9 Å². The number of nitrogens with two attached hydrogens (primary N) is 1. The Bertz CT molecular complexity index is 1010. The van der Waals surface area contributed by atoms with Crippen molar-refractivity contribution in [3.8, 4) is 11.3 Å². The molecule has 0 saturated heterocycles. The van der Waals surface area contributed by atoms with Crippen molar-refractivity contribution in [3.63, 3.8) is 0 Å². The molecule has 28 heavy (non-hydrogen) atoms. The standard InChI is InChI=1S/C23H26N4O/c1-15(2)12-16(3)17-8-4-5-9-18(17)21-13-22(27-23(24)25-14-28)19-10-6-7-11-20(19)26-21/h4-11,13-16H,12H2,1-3H3,(H3,24,25,26,27,28). The third-order valence-corrected chi connectivity index (χ3v) is 4.73. The summed E-state index contributed by atoms with van der Waals surface area (Å²) < 4.78 is 0. The molecule has 0 spiro atoms. The molecule has 3 N–H and O–H groups in total. The van der Waals surface area contributed by atoms with Gasteiger partial charge in [-0.25, -0.2) is 9.98 Å². The summed E-state index contributed by atoms with van der Waals surface area (Å²) in [5.74, 6) is 1.08. The van der Waals surface area contributed by atoms with Crippen molar-refractivity contribution in [3.05, 3.63) is 60.2 Å². The molecular formula is C23H26N4O. The monoisotopic (exact) mass is 374 g/mol. The van der Waals surface area contributed by atoms with Gasteiger partial charge in [0.15, 0.2) is 5.96 Å². The van der Waals surface area contributed by atoms with Crippen LogP contribution in [-0.2, 0) is 4.79 Å². The lowest BCUT2D eigenvalue weighted by Gasteiger charge is -2.18. The predicted octanol–water partition coefficient (Wildman–Crippen LogP) is 4.74. The maximum Gasteiger partial charge on any atom is 0.213 e. The molecule has 1 atom stereocenters. The fourth-order valence-corrected chi connectivity index (χ4v) is 3.60. The smallest absolute Gasteiger partial charge is 0.213 e. The zero-order valence-electron chi connectivity index (χ0n) is 16.5.